The third kappa shape index (κ3) is 4.59. The number of aromatic nitrogens is 1. The van der Waals surface area contributed by atoms with Crippen molar-refractivity contribution >= 4 is 27.4 Å². The topological polar surface area (TPSA) is 82.6 Å². The Morgan fingerprint density at radius 2 is 1.77 bits per heavy atom. The fourth-order valence-electron chi connectivity index (χ4n) is 2.27. The fourth-order valence-corrected chi connectivity index (χ4v) is 3.48. The molecule has 1 aromatic heterocycles. The second-order valence-corrected chi connectivity index (χ2v) is 8.40. The molecule has 0 saturated heterocycles. The maximum absolute atomic E-state index is 12.6. The predicted octanol–water partition coefficient (Wildman–Crippen LogP) is 2.02. The average Bonchev–Trinajstić information content (AvgIpc) is 2.57. The van der Waals surface area contributed by atoms with Gasteiger partial charge in [0.05, 0.1) is 23.3 Å². The van der Waals surface area contributed by atoms with Crippen LogP contribution in [0.25, 0.3) is 0 Å². The van der Waals surface area contributed by atoms with Gasteiger partial charge in [-0.15, -0.1) is 0 Å². The minimum Gasteiger partial charge on any atom is -0.363 e. The lowest BCUT2D eigenvalue weighted by Crippen LogP contribution is -2.35. The largest absolute Gasteiger partial charge is 0.363 e. The zero-order valence-electron chi connectivity index (χ0n) is 15.6. The normalized spacial score (nSPS) is 11.5. The second kappa shape index (κ2) is 7.84. The van der Waals surface area contributed by atoms with Gasteiger partial charge in [-0.05, 0) is 49.2 Å². The van der Waals surface area contributed by atoms with Gasteiger partial charge in [0.1, 0.15) is 5.82 Å². The van der Waals surface area contributed by atoms with Crippen molar-refractivity contribution in [2.24, 2.45) is 0 Å². The van der Waals surface area contributed by atoms with E-state index in [1.165, 1.54) is 13.2 Å². The van der Waals surface area contributed by atoms with Crippen LogP contribution < -0.4 is 10.2 Å². The van der Waals surface area contributed by atoms with Crippen LogP contribution in [0.1, 0.15) is 11.1 Å². The van der Waals surface area contributed by atoms with Gasteiger partial charge in [-0.2, -0.15) is 4.31 Å². The summed E-state index contributed by atoms with van der Waals surface area (Å²) in [5.41, 5.74) is 2.41. The summed E-state index contributed by atoms with van der Waals surface area (Å²) in [7, 11) is 1.39. The van der Waals surface area contributed by atoms with Gasteiger partial charge >= 0.3 is 0 Å². The Morgan fingerprint density at radius 1 is 1.08 bits per heavy atom. The SMILES string of the molecule is Cc1ccc(S(=O)(=O)N(C)CC(=O)Nc2ccc(N(C)C)nc2)cc1C. The van der Waals surface area contributed by atoms with Gasteiger partial charge in [0.15, 0.2) is 0 Å². The van der Waals surface area contributed by atoms with Crippen LogP contribution in [0.5, 0.6) is 0 Å². The van der Waals surface area contributed by atoms with E-state index in [9.17, 15) is 13.2 Å². The van der Waals surface area contributed by atoms with E-state index in [4.69, 9.17) is 0 Å². The van der Waals surface area contributed by atoms with E-state index in [-0.39, 0.29) is 11.4 Å². The number of amides is 1. The molecule has 8 heteroatoms. The number of carbonyl (C=O) groups is 1. The van der Waals surface area contributed by atoms with Crippen molar-refractivity contribution in [1.29, 1.82) is 0 Å². The maximum Gasteiger partial charge on any atom is 0.243 e. The highest BCUT2D eigenvalue weighted by Crippen LogP contribution is 2.18. The Kier molecular flexibility index (Phi) is 5.99. The lowest BCUT2D eigenvalue weighted by molar-refractivity contribution is -0.116. The molecule has 1 N–H and O–H groups in total. The maximum atomic E-state index is 12.6. The number of likely N-dealkylation sites (N-methyl/N-ethyl adjacent to an activating group) is 1. The Morgan fingerprint density at radius 3 is 2.31 bits per heavy atom. The first-order valence-electron chi connectivity index (χ1n) is 8.08. The van der Waals surface area contributed by atoms with E-state index in [1.807, 2.05) is 32.8 Å². The Balaban J connectivity index is 2.06. The molecule has 1 amide bonds. The molecule has 140 valence electrons. The third-order valence-corrected chi connectivity index (χ3v) is 5.84. The van der Waals surface area contributed by atoms with Crippen LogP contribution in [0.2, 0.25) is 0 Å². The summed E-state index contributed by atoms with van der Waals surface area (Å²) in [6, 6.07) is 8.41. The molecule has 0 aliphatic rings. The number of nitrogens with zero attached hydrogens (tertiary/aromatic N) is 3. The summed E-state index contributed by atoms with van der Waals surface area (Å²) < 4.78 is 26.3. The number of anilines is 2. The Labute approximate surface area is 154 Å². The van der Waals surface area contributed by atoms with Crippen LogP contribution in [-0.4, -0.2) is 51.3 Å². The molecule has 0 atom stereocenters. The molecule has 26 heavy (non-hydrogen) atoms. The number of rotatable bonds is 6. The van der Waals surface area contributed by atoms with E-state index in [2.05, 4.69) is 10.3 Å². The molecule has 0 saturated carbocycles. The summed E-state index contributed by atoms with van der Waals surface area (Å²) in [6.07, 6.45) is 1.53. The number of hydrogen-bond acceptors (Lipinski definition) is 5. The number of benzene rings is 1. The number of hydrogen-bond donors (Lipinski definition) is 1. The zero-order valence-corrected chi connectivity index (χ0v) is 16.5. The summed E-state index contributed by atoms with van der Waals surface area (Å²) in [6.45, 7) is 3.48. The van der Waals surface area contributed by atoms with Crippen molar-refractivity contribution in [2.45, 2.75) is 18.7 Å². The monoisotopic (exact) mass is 376 g/mol. The number of pyridine rings is 1. The molecular weight excluding hydrogens is 352 g/mol. The van der Waals surface area contributed by atoms with Crippen molar-refractivity contribution in [3.8, 4) is 0 Å². The van der Waals surface area contributed by atoms with Crippen molar-refractivity contribution in [2.75, 3.05) is 37.9 Å². The van der Waals surface area contributed by atoms with Gasteiger partial charge in [0, 0.05) is 21.1 Å². The van der Waals surface area contributed by atoms with Crippen molar-refractivity contribution in [3.05, 3.63) is 47.7 Å². The fraction of sp³-hybridized carbons (Fsp3) is 0.333. The summed E-state index contributed by atoms with van der Waals surface area (Å²) in [4.78, 5) is 18.4. The van der Waals surface area contributed by atoms with Gasteiger partial charge in [0.2, 0.25) is 15.9 Å². The van der Waals surface area contributed by atoms with E-state index in [0.29, 0.717) is 5.69 Å². The summed E-state index contributed by atoms with van der Waals surface area (Å²) >= 11 is 0. The van der Waals surface area contributed by atoms with Crippen LogP contribution in [0.3, 0.4) is 0 Å². The smallest absolute Gasteiger partial charge is 0.243 e. The number of sulfonamides is 1. The molecule has 0 unspecified atom stereocenters. The Bertz CT molecular complexity index is 893. The molecule has 0 fully saturated rings. The number of aryl methyl sites for hydroxylation is 2. The van der Waals surface area contributed by atoms with E-state index < -0.39 is 15.9 Å². The molecule has 1 heterocycles. The van der Waals surface area contributed by atoms with Gasteiger partial charge in [-0.3, -0.25) is 4.79 Å². The molecule has 0 aliphatic carbocycles. The summed E-state index contributed by atoms with van der Waals surface area (Å²) in [5, 5.41) is 2.66. The molecule has 0 bridgehead atoms. The van der Waals surface area contributed by atoms with Crippen LogP contribution in [-0.2, 0) is 14.8 Å². The van der Waals surface area contributed by atoms with Crippen LogP contribution >= 0.6 is 0 Å². The van der Waals surface area contributed by atoms with Crippen LogP contribution in [0.15, 0.2) is 41.4 Å². The minimum atomic E-state index is -3.73. The molecule has 2 rings (SSSR count). The highest BCUT2D eigenvalue weighted by atomic mass is 32.2. The first kappa shape index (κ1) is 19.9. The molecule has 1 aromatic carbocycles. The molecule has 0 aliphatic heterocycles. The second-order valence-electron chi connectivity index (χ2n) is 6.35. The lowest BCUT2D eigenvalue weighted by atomic mass is 10.1. The van der Waals surface area contributed by atoms with Crippen molar-refractivity contribution in [1.82, 2.24) is 9.29 Å². The Hall–Kier alpha value is -2.45. The van der Waals surface area contributed by atoms with Gasteiger partial charge in [0.25, 0.3) is 0 Å². The first-order valence-corrected chi connectivity index (χ1v) is 9.52. The van der Waals surface area contributed by atoms with Crippen LogP contribution in [0.4, 0.5) is 11.5 Å². The van der Waals surface area contributed by atoms with Crippen molar-refractivity contribution < 1.29 is 13.2 Å². The lowest BCUT2D eigenvalue weighted by Gasteiger charge is -2.18. The van der Waals surface area contributed by atoms with E-state index >= 15 is 0 Å². The van der Waals surface area contributed by atoms with E-state index in [1.54, 1.807) is 30.3 Å². The number of nitrogens with one attached hydrogen (secondary N) is 1. The average molecular weight is 376 g/mol. The molecule has 0 radical (unpaired) electrons. The predicted molar refractivity (Wildman–Crippen MR) is 103 cm³/mol. The molecular formula is C18H24N4O3S. The molecule has 0 spiro atoms. The van der Waals surface area contributed by atoms with Crippen molar-refractivity contribution in [3.63, 3.8) is 0 Å². The first-order chi connectivity index (χ1) is 12.1. The highest BCUT2D eigenvalue weighted by Gasteiger charge is 2.23. The van der Waals surface area contributed by atoms with E-state index in [0.717, 1.165) is 21.2 Å². The molecule has 7 nitrogen and oxygen atoms in total. The highest BCUT2D eigenvalue weighted by molar-refractivity contribution is 7.89. The quantitative estimate of drug-likeness (QED) is 0.834. The standard InChI is InChI=1S/C18H24N4O3S/c1-13-6-8-16(10-14(13)2)26(24,25)22(5)12-18(23)20-15-7-9-17(19-11-15)21(3)4/h6-11H,12H2,1-5H3,(H,20,23). The zero-order chi connectivity index (χ0) is 19.5. The van der Waals surface area contributed by atoms with Gasteiger partial charge in [-0.1, -0.05) is 6.07 Å². The summed E-state index contributed by atoms with van der Waals surface area (Å²) in [5.74, 6) is 0.330. The minimum absolute atomic E-state index is 0.174. The number of carbonyl (C=O) groups excluding carboxylic acids is 1. The third-order valence-electron chi connectivity index (χ3n) is 4.04. The van der Waals surface area contributed by atoms with Gasteiger partial charge in [-0.25, -0.2) is 13.4 Å². The molecule has 2 aromatic rings. The van der Waals surface area contributed by atoms with Crippen LogP contribution in [0, 0.1) is 13.8 Å². The van der Waals surface area contributed by atoms with Gasteiger partial charge < -0.3 is 10.2 Å².